The molecular formula is C10H14N4O2S. The number of hydrogen-bond donors (Lipinski definition) is 3. The van der Waals surface area contributed by atoms with Gasteiger partial charge in [0.15, 0.2) is 0 Å². The predicted molar refractivity (Wildman–Crippen MR) is 63.5 cm³/mol. The summed E-state index contributed by atoms with van der Waals surface area (Å²) in [7, 11) is 0. The Morgan fingerprint density at radius 2 is 2.29 bits per heavy atom. The molecule has 0 saturated heterocycles. The van der Waals surface area contributed by atoms with Crippen molar-refractivity contribution < 1.29 is 9.59 Å². The molecule has 6 nitrogen and oxygen atoms in total. The van der Waals surface area contributed by atoms with Crippen molar-refractivity contribution in [1.82, 2.24) is 15.6 Å². The van der Waals surface area contributed by atoms with E-state index in [-0.39, 0.29) is 18.4 Å². The summed E-state index contributed by atoms with van der Waals surface area (Å²) in [5.41, 5.74) is 5.71. The summed E-state index contributed by atoms with van der Waals surface area (Å²) in [6.45, 7) is 0.310. The van der Waals surface area contributed by atoms with Crippen molar-refractivity contribution in [2.75, 3.05) is 6.54 Å². The van der Waals surface area contributed by atoms with E-state index in [4.69, 9.17) is 5.73 Å². The molecule has 92 valence electrons. The minimum atomic E-state index is -0.341. The maximum atomic E-state index is 11.6. The molecule has 7 heteroatoms. The van der Waals surface area contributed by atoms with Crippen LogP contribution in [-0.4, -0.2) is 29.4 Å². The van der Waals surface area contributed by atoms with Gasteiger partial charge < -0.3 is 16.4 Å². The minimum absolute atomic E-state index is 0.00911. The first-order valence-corrected chi connectivity index (χ1v) is 6.29. The van der Waals surface area contributed by atoms with Gasteiger partial charge in [0, 0.05) is 18.0 Å². The minimum Gasteiger partial charge on any atom is -0.352 e. The van der Waals surface area contributed by atoms with Crippen LogP contribution in [0.15, 0.2) is 5.38 Å². The molecule has 4 N–H and O–H groups in total. The molecule has 17 heavy (non-hydrogen) atoms. The molecule has 0 unspecified atom stereocenters. The van der Waals surface area contributed by atoms with Crippen LogP contribution in [0.25, 0.3) is 0 Å². The average molecular weight is 254 g/mol. The molecule has 0 radical (unpaired) electrons. The first-order valence-electron chi connectivity index (χ1n) is 5.41. The molecule has 1 heterocycles. The molecule has 1 fully saturated rings. The fraction of sp³-hybridized carbons (Fsp3) is 0.500. The Bertz CT molecular complexity index is 428. The van der Waals surface area contributed by atoms with Crippen molar-refractivity contribution >= 4 is 23.2 Å². The lowest BCUT2D eigenvalue weighted by atomic mass is 10.4. The smallest absolute Gasteiger partial charge is 0.271 e. The van der Waals surface area contributed by atoms with Gasteiger partial charge in [0.25, 0.3) is 5.91 Å². The van der Waals surface area contributed by atoms with E-state index in [1.54, 1.807) is 5.38 Å². The summed E-state index contributed by atoms with van der Waals surface area (Å²) >= 11 is 1.34. The van der Waals surface area contributed by atoms with Crippen LogP contribution in [0, 0.1) is 0 Å². The molecule has 2 amide bonds. The monoisotopic (exact) mass is 254 g/mol. The average Bonchev–Trinajstić information content (AvgIpc) is 2.99. The largest absolute Gasteiger partial charge is 0.352 e. The van der Waals surface area contributed by atoms with Gasteiger partial charge in [0.1, 0.15) is 10.7 Å². The second kappa shape index (κ2) is 5.24. The predicted octanol–water partition coefficient (Wildman–Crippen LogP) is -0.390. The summed E-state index contributed by atoms with van der Waals surface area (Å²) in [5, 5.41) is 7.65. The third-order valence-corrected chi connectivity index (χ3v) is 3.18. The van der Waals surface area contributed by atoms with E-state index in [1.165, 1.54) is 11.3 Å². The normalized spacial score (nSPS) is 14.4. The third kappa shape index (κ3) is 3.50. The van der Waals surface area contributed by atoms with Gasteiger partial charge in [-0.25, -0.2) is 4.98 Å². The molecule has 0 atom stereocenters. The Morgan fingerprint density at radius 1 is 1.53 bits per heavy atom. The second-order valence-electron chi connectivity index (χ2n) is 3.86. The fourth-order valence-electron chi connectivity index (χ4n) is 1.27. The number of amides is 2. The van der Waals surface area contributed by atoms with Crippen LogP contribution in [0.2, 0.25) is 0 Å². The van der Waals surface area contributed by atoms with E-state index in [1.807, 2.05) is 0 Å². The standard InChI is InChI=1S/C10H14N4O2S/c11-3-9-14-7(5-17-9)10(16)12-4-8(15)13-6-1-2-6/h5-6H,1-4,11H2,(H,12,16)(H,13,15). The third-order valence-electron chi connectivity index (χ3n) is 2.31. The van der Waals surface area contributed by atoms with Gasteiger partial charge in [-0.1, -0.05) is 0 Å². The van der Waals surface area contributed by atoms with Crippen molar-refractivity contribution in [2.45, 2.75) is 25.4 Å². The van der Waals surface area contributed by atoms with Gasteiger partial charge in [0.2, 0.25) is 5.91 Å². The van der Waals surface area contributed by atoms with Crippen molar-refractivity contribution in [3.05, 3.63) is 16.1 Å². The number of carbonyl (C=O) groups is 2. The van der Waals surface area contributed by atoms with E-state index in [9.17, 15) is 9.59 Å². The Morgan fingerprint density at radius 3 is 2.88 bits per heavy atom. The second-order valence-corrected chi connectivity index (χ2v) is 4.80. The summed E-state index contributed by atoms with van der Waals surface area (Å²) in [4.78, 5) is 26.9. The Kier molecular flexibility index (Phi) is 3.70. The number of thiazole rings is 1. The number of rotatable bonds is 5. The zero-order valence-electron chi connectivity index (χ0n) is 9.23. The molecule has 1 aromatic rings. The topological polar surface area (TPSA) is 97.1 Å². The molecule has 1 saturated carbocycles. The quantitative estimate of drug-likeness (QED) is 0.666. The molecule has 0 spiro atoms. The number of nitrogens with two attached hydrogens (primary N) is 1. The van der Waals surface area contributed by atoms with Crippen molar-refractivity contribution in [3.63, 3.8) is 0 Å². The van der Waals surface area contributed by atoms with Crippen molar-refractivity contribution in [2.24, 2.45) is 5.73 Å². The lowest BCUT2D eigenvalue weighted by Gasteiger charge is -2.03. The SMILES string of the molecule is NCc1nc(C(=O)NCC(=O)NC2CC2)cs1. The first kappa shape index (κ1) is 12.0. The zero-order valence-corrected chi connectivity index (χ0v) is 10.0. The number of hydrogen-bond acceptors (Lipinski definition) is 5. The first-order chi connectivity index (χ1) is 8.19. The number of nitrogens with one attached hydrogen (secondary N) is 2. The van der Waals surface area contributed by atoms with Crippen LogP contribution in [0.5, 0.6) is 0 Å². The van der Waals surface area contributed by atoms with Crippen LogP contribution in [0.4, 0.5) is 0 Å². The molecule has 0 bridgehead atoms. The summed E-state index contributed by atoms with van der Waals surface area (Å²) in [6.07, 6.45) is 2.07. The Hall–Kier alpha value is -1.47. The molecule has 0 aliphatic heterocycles. The highest BCUT2D eigenvalue weighted by molar-refractivity contribution is 7.09. The van der Waals surface area contributed by atoms with Crippen molar-refractivity contribution in [3.8, 4) is 0 Å². The van der Waals surface area contributed by atoms with Crippen LogP contribution >= 0.6 is 11.3 Å². The van der Waals surface area contributed by atoms with Gasteiger partial charge in [-0.3, -0.25) is 9.59 Å². The molecule has 1 aliphatic rings. The zero-order chi connectivity index (χ0) is 12.3. The number of aromatic nitrogens is 1. The maximum absolute atomic E-state index is 11.6. The Balaban J connectivity index is 1.77. The summed E-state index contributed by atoms with van der Waals surface area (Å²) < 4.78 is 0. The van der Waals surface area contributed by atoms with E-state index < -0.39 is 0 Å². The van der Waals surface area contributed by atoms with Crippen LogP contribution in [0.1, 0.15) is 28.3 Å². The van der Waals surface area contributed by atoms with Gasteiger partial charge in [-0.15, -0.1) is 11.3 Å². The highest BCUT2D eigenvalue weighted by atomic mass is 32.1. The summed E-state index contributed by atoms with van der Waals surface area (Å²) in [6, 6.07) is 0.308. The highest BCUT2D eigenvalue weighted by Gasteiger charge is 2.23. The van der Waals surface area contributed by atoms with Gasteiger partial charge in [-0.05, 0) is 12.8 Å². The maximum Gasteiger partial charge on any atom is 0.271 e. The molecule has 1 aliphatic carbocycles. The lowest BCUT2D eigenvalue weighted by molar-refractivity contribution is -0.120. The molecule has 1 aromatic heterocycles. The summed E-state index contributed by atoms with van der Waals surface area (Å²) in [5.74, 6) is -0.498. The van der Waals surface area contributed by atoms with Gasteiger partial charge >= 0.3 is 0 Å². The molecule has 0 aromatic carbocycles. The lowest BCUT2D eigenvalue weighted by Crippen LogP contribution is -2.37. The van der Waals surface area contributed by atoms with E-state index in [2.05, 4.69) is 15.6 Å². The van der Waals surface area contributed by atoms with Crippen LogP contribution in [0.3, 0.4) is 0 Å². The van der Waals surface area contributed by atoms with Crippen LogP contribution < -0.4 is 16.4 Å². The fourth-order valence-corrected chi connectivity index (χ4v) is 1.92. The molecule has 2 rings (SSSR count). The highest BCUT2D eigenvalue weighted by Crippen LogP contribution is 2.18. The van der Waals surface area contributed by atoms with E-state index in [0.717, 1.165) is 12.8 Å². The number of nitrogens with zero attached hydrogens (tertiary/aromatic N) is 1. The number of carbonyl (C=O) groups excluding carboxylic acids is 2. The molecular weight excluding hydrogens is 240 g/mol. The van der Waals surface area contributed by atoms with Crippen molar-refractivity contribution in [1.29, 1.82) is 0 Å². The van der Waals surface area contributed by atoms with Gasteiger partial charge in [0.05, 0.1) is 6.54 Å². The Labute approximate surface area is 103 Å². The van der Waals surface area contributed by atoms with E-state index >= 15 is 0 Å². The van der Waals surface area contributed by atoms with E-state index in [0.29, 0.717) is 23.3 Å². The van der Waals surface area contributed by atoms with Gasteiger partial charge in [-0.2, -0.15) is 0 Å². The van der Waals surface area contributed by atoms with Crippen LogP contribution in [-0.2, 0) is 11.3 Å².